The Hall–Kier alpha value is -0.570. The highest BCUT2D eigenvalue weighted by Gasteiger charge is 2.09. The summed E-state index contributed by atoms with van der Waals surface area (Å²) in [5.41, 5.74) is 5.54. The van der Waals surface area contributed by atoms with Gasteiger partial charge in [0.15, 0.2) is 0 Å². The molecular weight excluding hydrogens is 308 g/mol. The van der Waals surface area contributed by atoms with Crippen LogP contribution in [0.1, 0.15) is 123 Å². The van der Waals surface area contributed by atoms with Gasteiger partial charge in [0.1, 0.15) is 0 Å². The van der Waals surface area contributed by atoms with Crippen LogP contribution in [0.2, 0.25) is 0 Å². The van der Waals surface area contributed by atoms with Crippen molar-refractivity contribution in [3.8, 4) is 0 Å². The maximum Gasteiger partial charge on any atom is 0.220 e. The molecule has 0 aromatic carbocycles. The first-order valence-electron chi connectivity index (χ1n) is 11.2. The Morgan fingerprint density at radius 3 is 1.68 bits per heavy atom. The molecular formula is C22H46N2O. The third-order valence-corrected chi connectivity index (χ3v) is 5.12. The smallest absolute Gasteiger partial charge is 0.220 e. The van der Waals surface area contributed by atoms with Crippen molar-refractivity contribution in [3.63, 3.8) is 0 Å². The molecule has 0 aromatic rings. The molecule has 0 aliphatic rings. The van der Waals surface area contributed by atoms with E-state index < -0.39 is 0 Å². The lowest BCUT2D eigenvalue weighted by Crippen LogP contribution is -2.34. The summed E-state index contributed by atoms with van der Waals surface area (Å²) < 4.78 is 0. The molecule has 0 aromatic heterocycles. The molecule has 0 fully saturated rings. The zero-order chi connectivity index (χ0) is 18.6. The standard InChI is InChI=1S/C22H46N2O/c1-3-5-6-7-8-9-10-11-12-13-14-15-16-19-22(25)24-21(4-2)18-17-20-23/h21H,3-20,23H2,1-2H3,(H,24,25). The first-order valence-corrected chi connectivity index (χ1v) is 11.2. The molecule has 1 atom stereocenters. The van der Waals surface area contributed by atoms with Gasteiger partial charge < -0.3 is 11.1 Å². The number of nitrogens with one attached hydrogen (secondary N) is 1. The molecule has 3 N–H and O–H groups in total. The van der Waals surface area contributed by atoms with E-state index in [0.717, 1.165) is 25.7 Å². The Balaban J connectivity index is 3.30. The van der Waals surface area contributed by atoms with Crippen LogP contribution in [0.5, 0.6) is 0 Å². The summed E-state index contributed by atoms with van der Waals surface area (Å²) in [4.78, 5) is 11.9. The average Bonchev–Trinajstić information content (AvgIpc) is 2.62. The van der Waals surface area contributed by atoms with E-state index >= 15 is 0 Å². The van der Waals surface area contributed by atoms with Gasteiger partial charge in [-0.05, 0) is 32.2 Å². The number of hydrogen-bond donors (Lipinski definition) is 2. The zero-order valence-electron chi connectivity index (χ0n) is 17.3. The summed E-state index contributed by atoms with van der Waals surface area (Å²) in [6.07, 6.45) is 21.2. The van der Waals surface area contributed by atoms with E-state index in [2.05, 4.69) is 19.2 Å². The summed E-state index contributed by atoms with van der Waals surface area (Å²) >= 11 is 0. The van der Waals surface area contributed by atoms with E-state index in [4.69, 9.17) is 5.73 Å². The molecule has 0 radical (unpaired) electrons. The van der Waals surface area contributed by atoms with Gasteiger partial charge in [0.05, 0.1) is 0 Å². The SMILES string of the molecule is CCCCCCCCCCCCCCCC(=O)NC(CC)CCCN. The molecule has 1 unspecified atom stereocenters. The van der Waals surface area contributed by atoms with Crippen molar-refractivity contribution >= 4 is 5.91 Å². The molecule has 3 nitrogen and oxygen atoms in total. The fraction of sp³-hybridized carbons (Fsp3) is 0.955. The third-order valence-electron chi connectivity index (χ3n) is 5.12. The molecule has 25 heavy (non-hydrogen) atoms. The van der Waals surface area contributed by atoms with Gasteiger partial charge in [0, 0.05) is 12.5 Å². The lowest BCUT2D eigenvalue weighted by Gasteiger charge is -2.16. The molecule has 1 amide bonds. The minimum Gasteiger partial charge on any atom is -0.353 e. The average molecular weight is 355 g/mol. The molecule has 0 spiro atoms. The number of unbranched alkanes of at least 4 members (excludes halogenated alkanes) is 12. The van der Waals surface area contributed by atoms with E-state index in [1.807, 2.05) is 0 Å². The zero-order valence-corrected chi connectivity index (χ0v) is 17.3. The fourth-order valence-electron chi connectivity index (χ4n) is 3.35. The highest BCUT2D eigenvalue weighted by molar-refractivity contribution is 5.76. The van der Waals surface area contributed by atoms with Crippen LogP contribution in [0.4, 0.5) is 0 Å². The van der Waals surface area contributed by atoms with Crippen molar-refractivity contribution in [1.29, 1.82) is 0 Å². The molecule has 0 aliphatic carbocycles. The van der Waals surface area contributed by atoms with Crippen LogP contribution in [-0.4, -0.2) is 18.5 Å². The second-order valence-electron chi connectivity index (χ2n) is 7.60. The quantitative estimate of drug-likeness (QED) is 0.275. The number of hydrogen-bond acceptors (Lipinski definition) is 2. The topological polar surface area (TPSA) is 55.1 Å². The summed E-state index contributed by atoms with van der Waals surface area (Å²) in [6, 6.07) is 0.318. The second kappa shape index (κ2) is 19.8. The van der Waals surface area contributed by atoms with Crippen LogP contribution < -0.4 is 11.1 Å². The van der Waals surface area contributed by atoms with Crippen LogP contribution in [0.25, 0.3) is 0 Å². The maximum absolute atomic E-state index is 11.9. The molecule has 0 heterocycles. The van der Waals surface area contributed by atoms with E-state index in [9.17, 15) is 4.79 Å². The maximum atomic E-state index is 11.9. The van der Waals surface area contributed by atoms with E-state index in [1.54, 1.807) is 0 Å². The minimum atomic E-state index is 0.229. The first-order chi connectivity index (χ1) is 12.2. The van der Waals surface area contributed by atoms with Crippen LogP contribution in [0.15, 0.2) is 0 Å². The molecule has 0 rings (SSSR count). The Bertz CT molecular complexity index is 281. The van der Waals surface area contributed by atoms with Crippen molar-refractivity contribution in [3.05, 3.63) is 0 Å². The highest BCUT2D eigenvalue weighted by atomic mass is 16.1. The number of nitrogens with two attached hydrogens (primary N) is 1. The number of amides is 1. The highest BCUT2D eigenvalue weighted by Crippen LogP contribution is 2.13. The predicted molar refractivity (Wildman–Crippen MR) is 111 cm³/mol. The normalized spacial score (nSPS) is 12.3. The lowest BCUT2D eigenvalue weighted by molar-refractivity contribution is -0.122. The van der Waals surface area contributed by atoms with Gasteiger partial charge in [-0.25, -0.2) is 0 Å². The third kappa shape index (κ3) is 18.0. The van der Waals surface area contributed by atoms with Crippen LogP contribution in [0.3, 0.4) is 0 Å². The molecule has 0 bridgehead atoms. The lowest BCUT2D eigenvalue weighted by atomic mass is 10.0. The van der Waals surface area contributed by atoms with Gasteiger partial charge in [-0.15, -0.1) is 0 Å². The summed E-state index contributed by atoms with van der Waals surface area (Å²) in [6.45, 7) is 5.12. The van der Waals surface area contributed by atoms with Gasteiger partial charge in [0.25, 0.3) is 0 Å². The summed E-state index contributed by atoms with van der Waals surface area (Å²) in [5.74, 6) is 0.229. The molecule has 0 saturated heterocycles. The van der Waals surface area contributed by atoms with Crippen LogP contribution >= 0.6 is 0 Å². The van der Waals surface area contributed by atoms with Gasteiger partial charge in [0.2, 0.25) is 5.91 Å². The number of carbonyl (C=O) groups excluding carboxylic acids is 1. The van der Waals surface area contributed by atoms with Gasteiger partial charge in [-0.2, -0.15) is 0 Å². The van der Waals surface area contributed by atoms with Crippen LogP contribution in [-0.2, 0) is 4.79 Å². The van der Waals surface area contributed by atoms with E-state index in [-0.39, 0.29) is 5.91 Å². The van der Waals surface area contributed by atoms with Crippen molar-refractivity contribution in [2.24, 2.45) is 5.73 Å². The monoisotopic (exact) mass is 354 g/mol. The summed E-state index contributed by atoms with van der Waals surface area (Å²) in [5, 5.41) is 3.15. The van der Waals surface area contributed by atoms with Crippen molar-refractivity contribution in [1.82, 2.24) is 5.32 Å². The van der Waals surface area contributed by atoms with Crippen molar-refractivity contribution < 1.29 is 4.79 Å². The van der Waals surface area contributed by atoms with Crippen molar-refractivity contribution in [2.45, 2.75) is 129 Å². The number of rotatable bonds is 19. The van der Waals surface area contributed by atoms with Gasteiger partial charge >= 0.3 is 0 Å². The van der Waals surface area contributed by atoms with E-state index in [1.165, 1.54) is 77.0 Å². The predicted octanol–water partition coefficient (Wildman–Crippen LogP) is 6.10. The first kappa shape index (κ1) is 24.4. The largest absolute Gasteiger partial charge is 0.353 e. The van der Waals surface area contributed by atoms with Crippen molar-refractivity contribution in [2.75, 3.05) is 6.54 Å². The fourth-order valence-corrected chi connectivity index (χ4v) is 3.35. The Labute approximate surface area is 157 Å². The summed E-state index contributed by atoms with van der Waals surface area (Å²) in [7, 11) is 0. The minimum absolute atomic E-state index is 0.229. The molecule has 150 valence electrons. The van der Waals surface area contributed by atoms with Gasteiger partial charge in [-0.3, -0.25) is 4.79 Å². The Kier molecular flexibility index (Phi) is 19.3. The second-order valence-corrected chi connectivity index (χ2v) is 7.60. The molecule has 0 aliphatic heterocycles. The van der Waals surface area contributed by atoms with E-state index in [0.29, 0.717) is 19.0 Å². The number of carbonyl (C=O) groups is 1. The van der Waals surface area contributed by atoms with Gasteiger partial charge in [-0.1, -0.05) is 90.9 Å². The Morgan fingerprint density at radius 1 is 0.760 bits per heavy atom. The molecule has 0 saturated carbocycles. The Morgan fingerprint density at radius 2 is 1.24 bits per heavy atom. The molecule has 3 heteroatoms. The van der Waals surface area contributed by atoms with Crippen LogP contribution in [0, 0.1) is 0 Å².